The summed E-state index contributed by atoms with van der Waals surface area (Å²) < 4.78 is 0. The first kappa shape index (κ1) is 22.9. The summed E-state index contributed by atoms with van der Waals surface area (Å²) in [6.45, 7) is 9.24. The van der Waals surface area contributed by atoms with Crippen molar-refractivity contribution >= 4 is 0 Å². The summed E-state index contributed by atoms with van der Waals surface area (Å²) in [5, 5.41) is 30.7. The highest BCUT2D eigenvalue weighted by Gasteiger charge is 2.35. The Hall–Kier alpha value is -1.38. The van der Waals surface area contributed by atoms with Gasteiger partial charge in [-0.25, -0.2) is 0 Å². The molecule has 3 heteroatoms. The van der Waals surface area contributed by atoms with Gasteiger partial charge in [-0.3, -0.25) is 0 Å². The Morgan fingerprint density at radius 3 is 2.07 bits per heavy atom. The number of hydrogen-bond acceptors (Lipinski definition) is 3. The topological polar surface area (TPSA) is 60.7 Å². The van der Waals surface area contributed by atoms with Crippen LogP contribution in [-0.4, -0.2) is 15.3 Å². The van der Waals surface area contributed by atoms with Crippen LogP contribution in [0.3, 0.4) is 0 Å². The molecule has 0 atom stereocenters. The minimum absolute atomic E-state index is 0.0350. The lowest BCUT2D eigenvalue weighted by atomic mass is 9.84. The summed E-state index contributed by atoms with van der Waals surface area (Å²) in [5.74, 6) is -0.108. The van der Waals surface area contributed by atoms with Crippen molar-refractivity contribution in [3.05, 3.63) is 17.2 Å². The van der Waals surface area contributed by atoms with Gasteiger partial charge in [0.25, 0.3) is 0 Å². The van der Waals surface area contributed by atoms with Gasteiger partial charge in [-0.1, -0.05) is 59.8 Å². The van der Waals surface area contributed by atoms with E-state index in [1.807, 2.05) is 0 Å². The van der Waals surface area contributed by atoms with E-state index in [4.69, 9.17) is 0 Å². The molecule has 0 amide bonds. The predicted octanol–water partition coefficient (Wildman–Crippen LogP) is 7.25. The molecule has 0 saturated heterocycles. The summed E-state index contributed by atoms with van der Waals surface area (Å²) in [7, 11) is 0. The number of benzene rings is 1. The molecule has 0 heterocycles. The van der Waals surface area contributed by atoms with Crippen molar-refractivity contribution in [2.24, 2.45) is 10.8 Å². The van der Waals surface area contributed by atoms with Gasteiger partial charge >= 0.3 is 0 Å². The Balaban J connectivity index is 1.86. The van der Waals surface area contributed by atoms with Gasteiger partial charge in [0.15, 0.2) is 11.5 Å². The van der Waals surface area contributed by atoms with E-state index >= 15 is 0 Å². The molecular weight excluding hydrogens is 348 g/mol. The molecule has 1 aliphatic carbocycles. The normalized spacial score (nSPS) is 15.7. The molecule has 1 fully saturated rings. The smallest absolute Gasteiger partial charge is 0.161 e. The third kappa shape index (κ3) is 6.90. The fraction of sp³-hybridized carbons (Fsp3) is 0.760. The van der Waals surface area contributed by atoms with Crippen LogP contribution in [0.5, 0.6) is 17.2 Å². The fourth-order valence-electron chi connectivity index (χ4n) is 4.04. The van der Waals surface area contributed by atoms with Crippen LogP contribution in [0.1, 0.15) is 109 Å². The average molecular weight is 391 g/mol. The van der Waals surface area contributed by atoms with Gasteiger partial charge in [-0.2, -0.15) is 0 Å². The van der Waals surface area contributed by atoms with Gasteiger partial charge in [-0.15, -0.1) is 0 Å². The van der Waals surface area contributed by atoms with Crippen molar-refractivity contribution in [1.29, 1.82) is 0 Å². The van der Waals surface area contributed by atoms with E-state index in [0.717, 1.165) is 43.2 Å². The first-order valence-corrected chi connectivity index (χ1v) is 11.4. The van der Waals surface area contributed by atoms with Gasteiger partial charge in [0.2, 0.25) is 0 Å². The van der Waals surface area contributed by atoms with Crippen LogP contribution in [0.4, 0.5) is 0 Å². The molecule has 2 rings (SSSR count). The lowest BCUT2D eigenvalue weighted by Gasteiger charge is -2.22. The Bertz CT molecular complexity index is 629. The van der Waals surface area contributed by atoms with E-state index in [2.05, 4.69) is 27.7 Å². The maximum absolute atomic E-state index is 10.4. The molecule has 0 aliphatic heterocycles. The molecule has 1 aromatic rings. The predicted molar refractivity (Wildman–Crippen MR) is 117 cm³/mol. The minimum Gasteiger partial charge on any atom is -0.508 e. The van der Waals surface area contributed by atoms with Crippen LogP contribution in [0.25, 0.3) is 0 Å². The number of phenols is 3. The van der Waals surface area contributed by atoms with Crippen molar-refractivity contribution in [2.75, 3.05) is 0 Å². The van der Waals surface area contributed by atoms with Gasteiger partial charge in [-0.05, 0) is 62.2 Å². The summed E-state index contributed by atoms with van der Waals surface area (Å²) >= 11 is 0. The lowest BCUT2D eigenvalue weighted by molar-refractivity contribution is 0.308. The SMILES string of the molecule is CCC(C)(C)CCCCCc1c(O)c(O)cc(O)c1CCCCCC1(C)CC1. The Morgan fingerprint density at radius 1 is 0.857 bits per heavy atom. The van der Waals surface area contributed by atoms with E-state index in [9.17, 15) is 15.3 Å². The van der Waals surface area contributed by atoms with Gasteiger partial charge in [0.05, 0.1) is 0 Å². The van der Waals surface area contributed by atoms with Gasteiger partial charge in [0, 0.05) is 17.2 Å². The molecule has 0 radical (unpaired) electrons. The van der Waals surface area contributed by atoms with Crippen LogP contribution in [0, 0.1) is 10.8 Å². The highest BCUT2D eigenvalue weighted by molar-refractivity contribution is 5.55. The zero-order valence-electron chi connectivity index (χ0n) is 18.6. The zero-order chi connectivity index (χ0) is 20.8. The van der Waals surface area contributed by atoms with E-state index in [0.29, 0.717) is 17.3 Å². The zero-order valence-corrected chi connectivity index (χ0v) is 18.6. The Labute approximate surface area is 172 Å². The first-order chi connectivity index (χ1) is 13.2. The Kier molecular flexibility index (Phi) is 8.09. The molecule has 1 aliphatic rings. The molecule has 0 unspecified atom stereocenters. The van der Waals surface area contributed by atoms with Gasteiger partial charge in [0.1, 0.15) is 5.75 Å². The molecule has 3 N–H and O–H groups in total. The van der Waals surface area contributed by atoms with Crippen LogP contribution < -0.4 is 0 Å². The quantitative estimate of drug-likeness (QED) is 0.189. The fourth-order valence-corrected chi connectivity index (χ4v) is 4.04. The van der Waals surface area contributed by atoms with E-state index < -0.39 is 0 Å². The average Bonchev–Trinajstić information content (AvgIpc) is 3.37. The third-order valence-corrected chi connectivity index (χ3v) is 7.02. The summed E-state index contributed by atoms with van der Waals surface area (Å²) in [6, 6.07) is 1.29. The van der Waals surface area contributed by atoms with Crippen molar-refractivity contribution in [3.63, 3.8) is 0 Å². The van der Waals surface area contributed by atoms with E-state index in [-0.39, 0.29) is 17.2 Å². The summed E-state index contributed by atoms with van der Waals surface area (Å²) in [4.78, 5) is 0. The number of hydrogen-bond donors (Lipinski definition) is 3. The Morgan fingerprint density at radius 2 is 1.46 bits per heavy atom. The molecule has 1 aromatic carbocycles. The molecule has 0 aromatic heterocycles. The number of unbranched alkanes of at least 4 members (excludes halogenated alkanes) is 4. The summed E-state index contributed by atoms with van der Waals surface area (Å²) in [5.41, 5.74) is 2.59. The van der Waals surface area contributed by atoms with Gasteiger partial charge < -0.3 is 15.3 Å². The minimum atomic E-state index is -0.204. The van der Waals surface area contributed by atoms with E-state index in [1.165, 1.54) is 51.0 Å². The largest absolute Gasteiger partial charge is 0.508 e. The highest BCUT2D eigenvalue weighted by Crippen LogP contribution is 2.49. The lowest BCUT2D eigenvalue weighted by Crippen LogP contribution is -2.08. The summed E-state index contributed by atoms with van der Waals surface area (Å²) in [6.07, 6.45) is 14.6. The molecule has 28 heavy (non-hydrogen) atoms. The van der Waals surface area contributed by atoms with Crippen molar-refractivity contribution in [2.45, 2.75) is 111 Å². The second kappa shape index (κ2) is 9.89. The molecule has 3 nitrogen and oxygen atoms in total. The first-order valence-electron chi connectivity index (χ1n) is 11.4. The number of phenolic OH excluding ortho intramolecular Hbond substituents is 3. The van der Waals surface area contributed by atoms with Crippen molar-refractivity contribution in [1.82, 2.24) is 0 Å². The maximum atomic E-state index is 10.4. The maximum Gasteiger partial charge on any atom is 0.161 e. The van der Waals surface area contributed by atoms with Crippen molar-refractivity contribution < 1.29 is 15.3 Å². The number of rotatable bonds is 13. The molecule has 160 valence electrons. The standard InChI is InChI=1S/C25H42O3/c1-5-24(2,3)14-10-6-9-13-20-19(21(26)18-22(27)23(20)28)12-8-7-11-15-25(4)16-17-25/h18,26-28H,5-17H2,1-4H3. The molecule has 0 bridgehead atoms. The molecule has 0 spiro atoms. The molecule has 1 saturated carbocycles. The van der Waals surface area contributed by atoms with Crippen LogP contribution in [0.2, 0.25) is 0 Å². The highest BCUT2D eigenvalue weighted by atomic mass is 16.3. The third-order valence-electron chi connectivity index (χ3n) is 7.02. The van der Waals surface area contributed by atoms with Crippen LogP contribution in [0.15, 0.2) is 6.07 Å². The van der Waals surface area contributed by atoms with Crippen molar-refractivity contribution in [3.8, 4) is 17.2 Å². The number of aromatic hydroxyl groups is 3. The molecular formula is C25H42O3. The van der Waals surface area contributed by atoms with E-state index in [1.54, 1.807) is 0 Å². The monoisotopic (exact) mass is 390 g/mol. The van der Waals surface area contributed by atoms with Crippen LogP contribution >= 0.6 is 0 Å². The second-order valence-corrected chi connectivity index (χ2v) is 10.2. The van der Waals surface area contributed by atoms with Crippen LogP contribution in [-0.2, 0) is 12.8 Å². The second-order valence-electron chi connectivity index (χ2n) is 10.2.